The number of pyridine rings is 1. The van der Waals surface area contributed by atoms with E-state index < -0.39 is 0 Å². The molecule has 3 nitrogen and oxygen atoms in total. The molecule has 5 rings (SSSR count). The van der Waals surface area contributed by atoms with Gasteiger partial charge < -0.3 is 10.3 Å². The summed E-state index contributed by atoms with van der Waals surface area (Å²) in [7, 11) is 0. The summed E-state index contributed by atoms with van der Waals surface area (Å²) in [6.45, 7) is 0. The lowest BCUT2D eigenvalue weighted by Crippen LogP contribution is -2.31. The first-order valence-electron chi connectivity index (χ1n) is 9.65. The van der Waals surface area contributed by atoms with E-state index in [4.69, 9.17) is 0 Å². The van der Waals surface area contributed by atoms with Gasteiger partial charge in [0.2, 0.25) is 0 Å². The summed E-state index contributed by atoms with van der Waals surface area (Å²) < 4.78 is 0. The Bertz CT molecular complexity index is 856. The summed E-state index contributed by atoms with van der Waals surface area (Å²) in [6, 6.07) is 15.1. The van der Waals surface area contributed by atoms with Crippen molar-refractivity contribution in [3.05, 3.63) is 54.4 Å². The Morgan fingerprint density at radius 2 is 1.56 bits per heavy atom. The first-order chi connectivity index (χ1) is 12.4. The van der Waals surface area contributed by atoms with Crippen LogP contribution in [0.2, 0.25) is 0 Å². The highest BCUT2D eigenvalue weighted by atomic mass is 15.0. The van der Waals surface area contributed by atoms with Gasteiger partial charge in [-0.3, -0.25) is 0 Å². The maximum Gasteiger partial charge on any atom is 0.137 e. The normalized spacial score (nSPS) is 26.5. The molecule has 2 aliphatic rings. The lowest BCUT2D eigenvalue weighted by Gasteiger charge is -2.25. The lowest BCUT2D eigenvalue weighted by molar-refractivity contribution is 0.393. The third kappa shape index (κ3) is 2.87. The molecule has 2 aliphatic heterocycles. The Morgan fingerprint density at radius 1 is 0.840 bits per heavy atom. The van der Waals surface area contributed by atoms with Crippen molar-refractivity contribution in [3.8, 4) is 11.1 Å². The van der Waals surface area contributed by atoms with E-state index in [1.54, 1.807) is 0 Å². The van der Waals surface area contributed by atoms with Crippen LogP contribution in [-0.2, 0) is 0 Å². The number of aromatic nitrogens is 2. The van der Waals surface area contributed by atoms with Crippen molar-refractivity contribution in [2.75, 3.05) is 0 Å². The molecule has 0 amide bonds. The largest absolute Gasteiger partial charge is 0.346 e. The zero-order valence-electron chi connectivity index (χ0n) is 14.5. The zero-order chi connectivity index (χ0) is 16.6. The number of hydrogen-bond acceptors (Lipinski definition) is 2. The number of H-pyrrole nitrogens is 1. The van der Waals surface area contributed by atoms with Crippen molar-refractivity contribution >= 4 is 11.0 Å². The number of hydrogen-bond donors (Lipinski definition) is 2. The summed E-state index contributed by atoms with van der Waals surface area (Å²) in [5, 5.41) is 5.00. The van der Waals surface area contributed by atoms with Crippen LogP contribution in [0.15, 0.2) is 48.8 Å². The van der Waals surface area contributed by atoms with Crippen LogP contribution in [0.5, 0.6) is 0 Å². The molecule has 0 aliphatic carbocycles. The monoisotopic (exact) mass is 333 g/mol. The minimum Gasteiger partial charge on any atom is -0.346 e. The van der Waals surface area contributed by atoms with E-state index in [1.165, 1.54) is 60.6 Å². The molecule has 2 saturated heterocycles. The SMILES string of the molecule is [HH].c1cc(-c2ccc(C3CCC4CCC(CC3)N4)cc2)c2cc[nH]c2n1. The van der Waals surface area contributed by atoms with Crippen molar-refractivity contribution in [2.45, 2.75) is 56.5 Å². The maximum atomic E-state index is 4.40. The fourth-order valence-corrected chi connectivity index (χ4v) is 4.79. The fraction of sp³-hybridized carbons (Fsp3) is 0.409. The standard InChI is InChI=1S/C22H25N3.H2/c1-3-17(20-11-13-23-22-21(20)12-14-24-22)4-2-15(1)16-5-7-18-9-10-19(25-18)8-6-16;/h1-4,11-14,16,18-19,25H,5-10H2,(H,23,24);1H. The molecule has 2 bridgehead atoms. The van der Waals surface area contributed by atoms with E-state index in [2.05, 4.69) is 51.7 Å². The number of nitrogens with one attached hydrogen (secondary N) is 2. The predicted octanol–water partition coefficient (Wildman–Crippen LogP) is 5.25. The van der Waals surface area contributed by atoms with Crippen molar-refractivity contribution in [3.63, 3.8) is 0 Å². The van der Waals surface area contributed by atoms with Gasteiger partial charge in [0.15, 0.2) is 0 Å². The highest BCUT2D eigenvalue weighted by molar-refractivity contribution is 5.92. The second-order valence-corrected chi connectivity index (χ2v) is 7.71. The van der Waals surface area contributed by atoms with Gasteiger partial charge in [0.25, 0.3) is 0 Å². The van der Waals surface area contributed by atoms with Gasteiger partial charge in [-0.1, -0.05) is 24.3 Å². The second-order valence-electron chi connectivity index (χ2n) is 7.71. The topological polar surface area (TPSA) is 40.7 Å². The Balaban J connectivity index is 0.00000168. The average Bonchev–Trinajstić information content (AvgIpc) is 3.30. The molecule has 3 aromatic rings. The van der Waals surface area contributed by atoms with E-state index in [0.717, 1.165) is 23.6 Å². The van der Waals surface area contributed by atoms with Crippen LogP contribution in [0.25, 0.3) is 22.2 Å². The van der Waals surface area contributed by atoms with Crippen LogP contribution in [-0.4, -0.2) is 22.1 Å². The average molecular weight is 333 g/mol. The number of nitrogens with zero attached hydrogens (tertiary/aromatic N) is 1. The third-order valence-electron chi connectivity index (χ3n) is 6.22. The van der Waals surface area contributed by atoms with Gasteiger partial charge in [-0.25, -0.2) is 4.98 Å². The van der Waals surface area contributed by atoms with Crippen LogP contribution in [0.1, 0.15) is 51.4 Å². The molecule has 1 aromatic carbocycles. The van der Waals surface area contributed by atoms with Gasteiger partial charge in [-0.15, -0.1) is 0 Å². The lowest BCUT2D eigenvalue weighted by atomic mass is 9.86. The van der Waals surface area contributed by atoms with Crippen molar-refractivity contribution in [1.29, 1.82) is 0 Å². The quantitative estimate of drug-likeness (QED) is 0.672. The number of aromatic amines is 1. The first kappa shape index (κ1) is 15.2. The van der Waals surface area contributed by atoms with Gasteiger partial charge in [0, 0.05) is 31.3 Å². The van der Waals surface area contributed by atoms with Crippen LogP contribution in [0.4, 0.5) is 0 Å². The molecule has 2 atom stereocenters. The summed E-state index contributed by atoms with van der Waals surface area (Å²) in [6.07, 6.45) is 11.9. The van der Waals surface area contributed by atoms with E-state index in [1.807, 2.05) is 12.4 Å². The van der Waals surface area contributed by atoms with Crippen molar-refractivity contribution in [2.24, 2.45) is 0 Å². The first-order valence-corrected chi connectivity index (χ1v) is 9.65. The second kappa shape index (κ2) is 6.30. The molecular weight excluding hydrogens is 306 g/mol. The van der Waals surface area contributed by atoms with Crippen molar-refractivity contribution in [1.82, 2.24) is 15.3 Å². The van der Waals surface area contributed by atoms with Crippen LogP contribution >= 0.6 is 0 Å². The smallest absolute Gasteiger partial charge is 0.137 e. The van der Waals surface area contributed by atoms with Crippen molar-refractivity contribution < 1.29 is 1.43 Å². The molecule has 0 saturated carbocycles. The third-order valence-corrected chi connectivity index (χ3v) is 6.22. The molecule has 130 valence electrons. The molecule has 0 radical (unpaired) electrons. The molecule has 2 N–H and O–H groups in total. The van der Waals surface area contributed by atoms with Crippen LogP contribution in [0, 0.1) is 0 Å². The molecule has 0 spiro atoms. The molecule has 25 heavy (non-hydrogen) atoms. The van der Waals surface area contributed by atoms with E-state index >= 15 is 0 Å². The number of benzene rings is 1. The predicted molar refractivity (Wildman–Crippen MR) is 105 cm³/mol. The molecular formula is C22H27N3. The summed E-state index contributed by atoms with van der Waals surface area (Å²) in [5.74, 6) is 0.726. The summed E-state index contributed by atoms with van der Waals surface area (Å²) in [5.41, 5.74) is 5.02. The summed E-state index contributed by atoms with van der Waals surface area (Å²) in [4.78, 5) is 7.60. The number of rotatable bonds is 2. The van der Waals surface area contributed by atoms with Gasteiger partial charge in [-0.2, -0.15) is 0 Å². The molecule has 3 heteroatoms. The van der Waals surface area contributed by atoms with Gasteiger partial charge in [-0.05, 0) is 73.3 Å². The van der Waals surface area contributed by atoms with Crippen LogP contribution < -0.4 is 5.32 Å². The van der Waals surface area contributed by atoms with E-state index in [0.29, 0.717) is 0 Å². The highest BCUT2D eigenvalue weighted by Crippen LogP contribution is 2.35. The molecule has 2 fully saturated rings. The molecule has 2 unspecified atom stereocenters. The zero-order valence-corrected chi connectivity index (χ0v) is 14.5. The van der Waals surface area contributed by atoms with Gasteiger partial charge in [0.1, 0.15) is 5.65 Å². The molecule has 2 aromatic heterocycles. The maximum absolute atomic E-state index is 4.40. The van der Waals surface area contributed by atoms with Gasteiger partial charge >= 0.3 is 0 Å². The van der Waals surface area contributed by atoms with Crippen LogP contribution in [0.3, 0.4) is 0 Å². The Morgan fingerprint density at radius 3 is 2.32 bits per heavy atom. The minimum atomic E-state index is 0. The Kier molecular flexibility index (Phi) is 3.82. The highest BCUT2D eigenvalue weighted by Gasteiger charge is 2.28. The fourth-order valence-electron chi connectivity index (χ4n) is 4.79. The Hall–Kier alpha value is -2.13. The van der Waals surface area contributed by atoms with Gasteiger partial charge in [0.05, 0.1) is 0 Å². The minimum absolute atomic E-state index is 0. The number of fused-ring (bicyclic) bond motifs is 3. The Labute approximate surface area is 150 Å². The van der Waals surface area contributed by atoms with E-state index in [9.17, 15) is 0 Å². The molecule has 4 heterocycles. The summed E-state index contributed by atoms with van der Waals surface area (Å²) >= 11 is 0. The van der Waals surface area contributed by atoms with E-state index in [-0.39, 0.29) is 1.43 Å².